The molecule has 0 atom stereocenters. The van der Waals surface area contributed by atoms with E-state index in [1.54, 1.807) is 25.1 Å². The number of benzene rings is 1. The minimum atomic E-state index is -0.460. The lowest BCUT2D eigenvalue weighted by atomic mass is 10.1. The molecule has 0 radical (unpaired) electrons. The van der Waals surface area contributed by atoms with Gasteiger partial charge < -0.3 is 5.32 Å². The van der Waals surface area contributed by atoms with Gasteiger partial charge in [0.1, 0.15) is 5.82 Å². The van der Waals surface area contributed by atoms with E-state index in [4.69, 9.17) is 11.6 Å². The summed E-state index contributed by atoms with van der Waals surface area (Å²) >= 11 is 5.88. The minimum Gasteiger partial charge on any atom is -0.305 e. The van der Waals surface area contributed by atoms with E-state index < -0.39 is 11.7 Å². The first-order valence-electron chi connectivity index (χ1n) is 5.26. The van der Waals surface area contributed by atoms with Crippen molar-refractivity contribution >= 4 is 23.3 Å². The van der Waals surface area contributed by atoms with E-state index in [-0.39, 0.29) is 11.4 Å². The van der Waals surface area contributed by atoms with Crippen LogP contribution >= 0.6 is 11.6 Å². The summed E-state index contributed by atoms with van der Waals surface area (Å²) < 4.78 is 13.1. The van der Waals surface area contributed by atoms with Crippen LogP contribution in [-0.4, -0.2) is 10.9 Å². The van der Waals surface area contributed by atoms with Crippen LogP contribution in [0.3, 0.4) is 0 Å². The maximum Gasteiger partial charge on any atom is 0.257 e. The summed E-state index contributed by atoms with van der Waals surface area (Å²) in [5.74, 6) is -0.640. The van der Waals surface area contributed by atoms with E-state index >= 15 is 0 Å². The lowest BCUT2D eigenvalue weighted by Gasteiger charge is -2.08. The van der Waals surface area contributed by atoms with E-state index in [1.807, 2.05) is 0 Å². The van der Waals surface area contributed by atoms with Gasteiger partial charge in [-0.25, -0.2) is 9.37 Å². The molecule has 92 valence electrons. The number of aromatic nitrogens is 1. The molecule has 0 bridgehead atoms. The van der Waals surface area contributed by atoms with Crippen LogP contribution in [0, 0.1) is 12.7 Å². The van der Waals surface area contributed by atoms with Crippen LogP contribution in [0.1, 0.15) is 15.9 Å². The molecule has 1 amide bonds. The standard InChI is InChI=1S/C13H10ClFN2O/c1-8-4-5-9(15)7-10(8)13(18)17-12-11(14)3-2-6-16-12/h2-7H,1H3,(H,16,17,18). The molecule has 0 unspecified atom stereocenters. The summed E-state index contributed by atoms with van der Waals surface area (Å²) in [7, 11) is 0. The molecule has 0 saturated carbocycles. The highest BCUT2D eigenvalue weighted by molar-refractivity contribution is 6.33. The number of nitrogens with one attached hydrogen (secondary N) is 1. The second kappa shape index (κ2) is 5.14. The van der Waals surface area contributed by atoms with Crippen molar-refractivity contribution in [3.8, 4) is 0 Å². The molecular formula is C13H10ClFN2O. The third kappa shape index (κ3) is 2.65. The maximum atomic E-state index is 13.1. The zero-order chi connectivity index (χ0) is 13.1. The number of hydrogen-bond acceptors (Lipinski definition) is 2. The van der Waals surface area contributed by atoms with E-state index in [2.05, 4.69) is 10.3 Å². The van der Waals surface area contributed by atoms with Crippen molar-refractivity contribution in [2.45, 2.75) is 6.92 Å². The summed E-state index contributed by atoms with van der Waals surface area (Å²) in [6, 6.07) is 7.31. The zero-order valence-corrected chi connectivity index (χ0v) is 10.3. The molecule has 0 aliphatic heterocycles. The van der Waals surface area contributed by atoms with E-state index in [1.165, 1.54) is 18.3 Å². The second-order valence-corrected chi connectivity index (χ2v) is 4.15. The van der Waals surface area contributed by atoms with Gasteiger partial charge in [-0.15, -0.1) is 0 Å². The molecule has 0 spiro atoms. The molecule has 5 heteroatoms. The predicted molar refractivity (Wildman–Crippen MR) is 68.3 cm³/mol. The maximum absolute atomic E-state index is 13.1. The van der Waals surface area contributed by atoms with Crippen molar-refractivity contribution < 1.29 is 9.18 Å². The second-order valence-electron chi connectivity index (χ2n) is 3.75. The fourth-order valence-corrected chi connectivity index (χ4v) is 1.66. The Morgan fingerprint density at radius 2 is 2.17 bits per heavy atom. The van der Waals surface area contributed by atoms with Crippen molar-refractivity contribution in [3.05, 3.63) is 58.5 Å². The first-order valence-corrected chi connectivity index (χ1v) is 5.64. The highest BCUT2D eigenvalue weighted by atomic mass is 35.5. The van der Waals surface area contributed by atoms with Crippen LogP contribution in [0.5, 0.6) is 0 Å². The summed E-state index contributed by atoms with van der Waals surface area (Å²) in [6.07, 6.45) is 1.51. The first kappa shape index (κ1) is 12.5. The molecule has 1 aromatic carbocycles. The van der Waals surface area contributed by atoms with Crippen LogP contribution < -0.4 is 5.32 Å². The van der Waals surface area contributed by atoms with Gasteiger partial charge in [-0.2, -0.15) is 0 Å². The Bertz CT molecular complexity index is 601. The number of amides is 1. The number of hydrogen-bond donors (Lipinski definition) is 1. The van der Waals surface area contributed by atoms with Gasteiger partial charge in [0.05, 0.1) is 5.02 Å². The molecule has 2 aromatic rings. The van der Waals surface area contributed by atoms with Crippen molar-refractivity contribution in [2.75, 3.05) is 5.32 Å². The van der Waals surface area contributed by atoms with Crippen molar-refractivity contribution in [3.63, 3.8) is 0 Å². The topological polar surface area (TPSA) is 42.0 Å². The molecule has 1 N–H and O–H groups in total. The number of halogens is 2. The van der Waals surface area contributed by atoms with Gasteiger partial charge >= 0.3 is 0 Å². The highest BCUT2D eigenvalue weighted by Gasteiger charge is 2.12. The van der Waals surface area contributed by atoms with Gasteiger partial charge in [-0.1, -0.05) is 17.7 Å². The van der Waals surface area contributed by atoms with E-state index in [9.17, 15) is 9.18 Å². The Hall–Kier alpha value is -1.94. The molecule has 0 aliphatic carbocycles. The average molecular weight is 265 g/mol. The van der Waals surface area contributed by atoms with Gasteiger partial charge in [0.15, 0.2) is 5.82 Å². The fraction of sp³-hybridized carbons (Fsp3) is 0.0769. The number of carbonyl (C=O) groups excluding carboxylic acids is 1. The third-order valence-electron chi connectivity index (χ3n) is 2.43. The quantitative estimate of drug-likeness (QED) is 0.903. The fourth-order valence-electron chi connectivity index (χ4n) is 1.49. The van der Waals surface area contributed by atoms with Gasteiger partial charge in [-0.05, 0) is 36.8 Å². The Labute approximate surface area is 109 Å². The first-order chi connectivity index (χ1) is 8.58. The Balaban J connectivity index is 2.28. The van der Waals surface area contributed by atoms with Gasteiger partial charge in [0.2, 0.25) is 0 Å². The molecule has 2 rings (SSSR count). The monoisotopic (exact) mass is 264 g/mol. The lowest BCUT2D eigenvalue weighted by Crippen LogP contribution is -2.14. The number of nitrogens with zero attached hydrogens (tertiary/aromatic N) is 1. The Morgan fingerprint density at radius 1 is 1.39 bits per heavy atom. The normalized spacial score (nSPS) is 10.2. The molecular weight excluding hydrogens is 255 g/mol. The molecule has 0 aliphatic rings. The number of aryl methyl sites for hydroxylation is 1. The van der Waals surface area contributed by atoms with Crippen LogP contribution in [0.4, 0.5) is 10.2 Å². The third-order valence-corrected chi connectivity index (χ3v) is 2.74. The molecule has 18 heavy (non-hydrogen) atoms. The Morgan fingerprint density at radius 3 is 2.89 bits per heavy atom. The molecule has 1 heterocycles. The van der Waals surface area contributed by atoms with Crippen LogP contribution in [0.25, 0.3) is 0 Å². The zero-order valence-electron chi connectivity index (χ0n) is 9.58. The lowest BCUT2D eigenvalue weighted by molar-refractivity contribution is 0.102. The van der Waals surface area contributed by atoms with E-state index in [0.717, 1.165) is 0 Å². The van der Waals surface area contributed by atoms with Crippen molar-refractivity contribution in [2.24, 2.45) is 0 Å². The molecule has 1 aromatic heterocycles. The summed E-state index contributed by atoms with van der Waals surface area (Å²) in [6.45, 7) is 1.73. The number of pyridine rings is 1. The molecule has 0 saturated heterocycles. The van der Waals surface area contributed by atoms with Gasteiger partial charge in [0.25, 0.3) is 5.91 Å². The van der Waals surface area contributed by atoms with Crippen molar-refractivity contribution in [1.29, 1.82) is 0 Å². The minimum absolute atomic E-state index is 0.257. The largest absolute Gasteiger partial charge is 0.305 e. The van der Waals surface area contributed by atoms with Gasteiger partial charge in [-0.3, -0.25) is 4.79 Å². The summed E-state index contributed by atoms with van der Waals surface area (Å²) in [4.78, 5) is 15.9. The average Bonchev–Trinajstić information content (AvgIpc) is 2.35. The smallest absolute Gasteiger partial charge is 0.257 e. The predicted octanol–water partition coefficient (Wildman–Crippen LogP) is 3.43. The Kier molecular flexibility index (Phi) is 3.58. The van der Waals surface area contributed by atoms with E-state index in [0.29, 0.717) is 10.6 Å². The summed E-state index contributed by atoms with van der Waals surface area (Å²) in [5.41, 5.74) is 0.942. The molecule has 0 fully saturated rings. The number of carbonyl (C=O) groups is 1. The van der Waals surface area contributed by atoms with Crippen molar-refractivity contribution in [1.82, 2.24) is 4.98 Å². The SMILES string of the molecule is Cc1ccc(F)cc1C(=O)Nc1ncccc1Cl. The number of anilines is 1. The van der Waals surface area contributed by atoms with Crippen LogP contribution in [-0.2, 0) is 0 Å². The van der Waals surface area contributed by atoms with Crippen LogP contribution in [0.15, 0.2) is 36.5 Å². The van der Waals surface area contributed by atoms with Crippen LogP contribution in [0.2, 0.25) is 5.02 Å². The molecule has 3 nitrogen and oxygen atoms in total. The highest BCUT2D eigenvalue weighted by Crippen LogP contribution is 2.19. The number of rotatable bonds is 2. The summed E-state index contributed by atoms with van der Waals surface area (Å²) in [5, 5.41) is 2.88. The van der Waals surface area contributed by atoms with Gasteiger partial charge in [0, 0.05) is 11.8 Å².